The molecule has 0 bridgehead atoms. The van der Waals surface area contributed by atoms with Crippen molar-refractivity contribution in [1.82, 2.24) is 4.90 Å². The maximum Gasteiger partial charge on any atom is 0.416 e. The second-order valence-electron chi connectivity index (χ2n) is 6.52. The number of likely N-dealkylation sites (tertiary alicyclic amines) is 1. The summed E-state index contributed by atoms with van der Waals surface area (Å²) in [6, 6.07) is 5.14. The topological polar surface area (TPSA) is 40.5 Å². The molecule has 3 unspecified atom stereocenters. The van der Waals surface area contributed by atoms with Crippen LogP contribution in [0.5, 0.6) is 0 Å². The van der Waals surface area contributed by atoms with Crippen molar-refractivity contribution < 1.29 is 23.1 Å². The quantitative estimate of drug-likeness (QED) is 0.923. The lowest BCUT2D eigenvalue weighted by Crippen LogP contribution is -2.30. The maximum absolute atomic E-state index is 12.6. The Hall–Kier alpha value is -1.56. The molecule has 23 heavy (non-hydrogen) atoms. The molecule has 1 saturated heterocycles. The third kappa shape index (κ3) is 3.52. The van der Waals surface area contributed by atoms with E-state index in [0.29, 0.717) is 18.9 Å². The first-order chi connectivity index (χ1) is 10.9. The van der Waals surface area contributed by atoms with Gasteiger partial charge in [0.2, 0.25) is 5.91 Å². The average Bonchev–Trinajstić information content (AvgIpc) is 3.18. The van der Waals surface area contributed by atoms with E-state index in [2.05, 4.69) is 0 Å². The van der Waals surface area contributed by atoms with Crippen LogP contribution in [0.3, 0.4) is 0 Å². The van der Waals surface area contributed by atoms with Crippen LogP contribution in [0.2, 0.25) is 0 Å². The van der Waals surface area contributed by atoms with Gasteiger partial charge in [0.25, 0.3) is 0 Å². The number of carbonyl (C=O) groups is 1. The van der Waals surface area contributed by atoms with Gasteiger partial charge in [0.1, 0.15) is 0 Å². The molecule has 3 nitrogen and oxygen atoms in total. The van der Waals surface area contributed by atoms with Crippen LogP contribution < -0.4 is 0 Å². The van der Waals surface area contributed by atoms with Gasteiger partial charge in [-0.3, -0.25) is 4.79 Å². The number of amides is 1. The lowest BCUT2D eigenvalue weighted by molar-refractivity contribution is -0.137. The van der Waals surface area contributed by atoms with Crippen molar-refractivity contribution in [3.05, 3.63) is 35.4 Å². The summed E-state index contributed by atoms with van der Waals surface area (Å²) in [5, 5.41) is 8.96. The number of halogens is 3. The molecule has 1 saturated carbocycles. The first-order valence-corrected chi connectivity index (χ1v) is 7.97. The Morgan fingerprint density at radius 1 is 1.26 bits per heavy atom. The summed E-state index contributed by atoms with van der Waals surface area (Å²) in [4.78, 5) is 14.3. The fourth-order valence-electron chi connectivity index (χ4n) is 3.44. The lowest BCUT2D eigenvalue weighted by Gasteiger charge is -2.16. The Labute approximate surface area is 133 Å². The van der Waals surface area contributed by atoms with Gasteiger partial charge in [0.05, 0.1) is 5.56 Å². The minimum atomic E-state index is -4.32. The van der Waals surface area contributed by atoms with Gasteiger partial charge in [-0.05, 0) is 48.8 Å². The first kappa shape index (κ1) is 16.3. The fourth-order valence-corrected chi connectivity index (χ4v) is 3.44. The molecule has 3 rings (SSSR count). The summed E-state index contributed by atoms with van der Waals surface area (Å²) in [7, 11) is 0. The summed E-state index contributed by atoms with van der Waals surface area (Å²) in [5.41, 5.74) is 0.151. The number of alkyl halides is 3. The van der Waals surface area contributed by atoms with E-state index in [4.69, 9.17) is 5.11 Å². The maximum atomic E-state index is 12.6. The van der Waals surface area contributed by atoms with Gasteiger partial charge >= 0.3 is 6.18 Å². The lowest BCUT2D eigenvalue weighted by atomic mass is 10.1. The van der Waals surface area contributed by atoms with Gasteiger partial charge in [0, 0.05) is 25.6 Å². The third-order valence-corrected chi connectivity index (χ3v) is 4.91. The third-order valence-electron chi connectivity index (χ3n) is 4.91. The van der Waals surface area contributed by atoms with E-state index in [1.165, 1.54) is 12.1 Å². The summed E-state index contributed by atoms with van der Waals surface area (Å²) >= 11 is 0. The van der Waals surface area contributed by atoms with Crippen molar-refractivity contribution in [2.45, 2.75) is 31.4 Å². The molecule has 1 aromatic rings. The van der Waals surface area contributed by atoms with Crippen LogP contribution >= 0.6 is 0 Å². The summed E-state index contributed by atoms with van der Waals surface area (Å²) in [6.07, 6.45) is -1.97. The number of rotatable bonds is 4. The molecular formula is C17H20F3NO2. The second kappa shape index (κ2) is 6.15. The molecule has 0 spiro atoms. The van der Waals surface area contributed by atoms with Crippen LogP contribution in [-0.2, 0) is 11.0 Å². The summed E-state index contributed by atoms with van der Waals surface area (Å²) in [6.45, 7) is 1.56. The molecule has 1 amide bonds. The van der Waals surface area contributed by atoms with Crippen molar-refractivity contribution in [1.29, 1.82) is 0 Å². The van der Waals surface area contributed by atoms with Crippen molar-refractivity contribution >= 4 is 5.91 Å². The van der Waals surface area contributed by atoms with Crippen molar-refractivity contribution in [2.75, 3.05) is 19.7 Å². The van der Waals surface area contributed by atoms with E-state index in [1.807, 2.05) is 4.90 Å². The Balaban J connectivity index is 1.58. The van der Waals surface area contributed by atoms with Gasteiger partial charge in [-0.25, -0.2) is 0 Å². The number of benzene rings is 1. The van der Waals surface area contributed by atoms with Crippen molar-refractivity contribution in [3.63, 3.8) is 0 Å². The molecule has 6 heteroatoms. The Morgan fingerprint density at radius 2 is 1.96 bits per heavy atom. The van der Waals surface area contributed by atoms with Crippen LogP contribution in [0, 0.1) is 11.8 Å². The number of aliphatic hydroxyl groups excluding tert-OH is 1. The first-order valence-electron chi connectivity index (χ1n) is 7.97. The molecule has 2 aliphatic rings. The average molecular weight is 327 g/mol. The smallest absolute Gasteiger partial charge is 0.396 e. The van der Waals surface area contributed by atoms with E-state index >= 15 is 0 Å². The van der Waals surface area contributed by atoms with Crippen LogP contribution in [0.15, 0.2) is 24.3 Å². The van der Waals surface area contributed by atoms with Crippen molar-refractivity contribution in [3.8, 4) is 0 Å². The summed E-state index contributed by atoms with van der Waals surface area (Å²) in [5.74, 6) is 0.420. The zero-order valence-corrected chi connectivity index (χ0v) is 12.7. The highest BCUT2D eigenvalue weighted by Crippen LogP contribution is 2.49. The van der Waals surface area contributed by atoms with Gasteiger partial charge in [-0.1, -0.05) is 12.1 Å². The zero-order chi connectivity index (χ0) is 16.6. The van der Waals surface area contributed by atoms with Crippen LogP contribution in [-0.4, -0.2) is 35.6 Å². The number of hydrogen-bond acceptors (Lipinski definition) is 2. The van der Waals surface area contributed by atoms with E-state index in [0.717, 1.165) is 37.1 Å². The molecule has 126 valence electrons. The minimum absolute atomic E-state index is 0.0432. The Kier molecular flexibility index (Phi) is 4.36. The van der Waals surface area contributed by atoms with Crippen LogP contribution in [0.25, 0.3) is 0 Å². The number of aliphatic hydroxyl groups is 1. The predicted molar refractivity (Wildman–Crippen MR) is 78.7 cm³/mol. The number of nitrogens with zero attached hydrogens (tertiary/aromatic N) is 1. The monoisotopic (exact) mass is 327 g/mol. The molecule has 3 atom stereocenters. The van der Waals surface area contributed by atoms with E-state index in [-0.39, 0.29) is 24.3 Å². The Bertz CT molecular complexity index is 570. The summed E-state index contributed by atoms with van der Waals surface area (Å²) < 4.78 is 37.7. The van der Waals surface area contributed by atoms with E-state index < -0.39 is 11.7 Å². The van der Waals surface area contributed by atoms with Gasteiger partial charge < -0.3 is 10.0 Å². The second-order valence-corrected chi connectivity index (χ2v) is 6.52. The van der Waals surface area contributed by atoms with Gasteiger partial charge in [-0.2, -0.15) is 13.2 Å². The largest absolute Gasteiger partial charge is 0.416 e. The zero-order valence-electron chi connectivity index (χ0n) is 12.7. The number of hydrogen-bond donors (Lipinski definition) is 1. The Morgan fingerprint density at radius 3 is 2.57 bits per heavy atom. The molecule has 1 N–H and O–H groups in total. The number of carbonyl (C=O) groups excluding carboxylic acids is 1. The highest BCUT2D eigenvalue weighted by atomic mass is 19.4. The molecule has 1 heterocycles. The van der Waals surface area contributed by atoms with Crippen LogP contribution in [0.4, 0.5) is 13.2 Å². The van der Waals surface area contributed by atoms with E-state index in [1.54, 1.807) is 0 Å². The standard InChI is InChI=1S/C17H20F3NO2/c18-17(19,20)13-3-1-12(2-4-13)14-9-15(14)16(23)21-7-5-11(10-21)6-8-22/h1-4,11,14-15,22H,5-10H2. The molecule has 0 aromatic heterocycles. The highest BCUT2D eigenvalue weighted by molar-refractivity contribution is 5.83. The van der Waals surface area contributed by atoms with E-state index in [9.17, 15) is 18.0 Å². The molecular weight excluding hydrogens is 307 g/mol. The molecule has 1 aliphatic heterocycles. The molecule has 1 aliphatic carbocycles. The highest BCUT2D eigenvalue weighted by Gasteiger charge is 2.46. The van der Waals surface area contributed by atoms with Crippen molar-refractivity contribution in [2.24, 2.45) is 11.8 Å². The molecule has 1 aromatic carbocycles. The van der Waals surface area contributed by atoms with Gasteiger partial charge in [-0.15, -0.1) is 0 Å². The van der Waals surface area contributed by atoms with Gasteiger partial charge in [0.15, 0.2) is 0 Å². The normalized spacial score (nSPS) is 27.3. The molecule has 0 radical (unpaired) electrons. The SMILES string of the molecule is O=C(C1CC1c1ccc(C(F)(F)F)cc1)N1CCC(CCO)C1. The minimum Gasteiger partial charge on any atom is -0.396 e. The predicted octanol–water partition coefficient (Wildman–Crippen LogP) is 3.04. The van der Waals surface area contributed by atoms with Crippen LogP contribution in [0.1, 0.15) is 36.3 Å². The fraction of sp³-hybridized carbons (Fsp3) is 0.588. The molecule has 2 fully saturated rings.